The Balaban J connectivity index is 2.04. The number of benzene rings is 1. The Labute approximate surface area is 109 Å². The van der Waals surface area contributed by atoms with Gasteiger partial charge in [-0.1, -0.05) is 6.92 Å². The summed E-state index contributed by atoms with van der Waals surface area (Å²) >= 11 is 0. The molecule has 5 nitrogen and oxygen atoms in total. The van der Waals surface area contributed by atoms with E-state index in [9.17, 15) is 14.0 Å². The van der Waals surface area contributed by atoms with Crippen molar-refractivity contribution in [2.75, 3.05) is 18.8 Å². The molecule has 6 heteroatoms. The first-order valence-corrected chi connectivity index (χ1v) is 5.97. The molecule has 0 aromatic heterocycles. The van der Waals surface area contributed by atoms with Crippen molar-refractivity contribution in [3.05, 3.63) is 29.6 Å². The van der Waals surface area contributed by atoms with Gasteiger partial charge in [-0.15, -0.1) is 0 Å². The molecule has 0 aliphatic carbocycles. The van der Waals surface area contributed by atoms with Gasteiger partial charge in [-0.25, -0.2) is 4.39 Å². The Bertz CT molecular complexity index is 527. The van der Waals surface area contributed by atoms with Gasteiger partial charge in [-0.3, -0.25) is 9.59 Å². The SMILES string of the molecule is CC(C(=O)O)C1CN(C(=O)c2cc(F)ccc2N)C1. The second kappa shape index (κ2) is 4.87. The maximum Gasteiger partial charge on any atom is 0.306 e. The highest BCUT2D eigenvalue weighted by atomic mass is 19.1. The van der Waals surface area contributed by atoms with Crippen LogP contribution in [0.15, 0.2) is 18.2 Å². The molecule has 1 saturated heterocycles. The minimum atomic E-state index is -0.873. The van der Waals surface area contributed by atoms with Crippen LogP contribution in [0.1, 0.15) is 17.3 Å². The Morgan fingerprint density at radius 3 is 2.68 bits per heavy atom. The van der Waals surface area contributed by atoms with Crippen molar-refractivity contribution < 1.29 is 19.1 Å². The number of carboxylic acid groups (broad SMARTS) is 1. The van der Waals surface area contributed by atoms with Crippen molar-refractivity contribution in [3.63, 3.8) is 0 Å². The van der Waals surface area contributed by atoms with Crippen LogP contribution in [-0.2, 0) is 4.79 Å². The van der Waals surface area contributed by atoms with Gasteiger partial charge < -0.3 is 15.7 Å². The highest BCUT2D eigenvalue weighted by molar-refractivity contribution is 5.99. The number of nitrogens with zero attached hydrogens (tertiary/aromatic N) is 1. The summed E-state index contributed by atoms with van der Waals surface area (Å²) in [5.74, 6) is -2.30. The average Bonchev–Trinajstić information content (AvgIpc) is 2.29. The van der Waals surface area contributed by atoms with E-state index in [2.05, 4.69) is 0 Å². The number of anilines is 1. The second-order valence-corrected chi connectivity index (χ2v) is 4.83. The standard InChI is InChI=1S/C13H15FN2O3/c1-7(13(18)19)8-5-16(6-8)12(17)10-4-9(14)2-3-11(10)15/h2-4,7-8H,5-6,15H2,1H3,(H,18,19). The van der Waals surface area contributed by atoms with E-state index < -0.39 is 17.7 Å². The van der Waals surface area contributed by atoms with E-state index in [1.807, 2.05) is 0 Å². The summed E-state index contributed by atoms with van der Waals surface area (Å²) in [6, 6.07) is 3.64. The predicted octanol–water partition coefficient (Wildman–Crippen LogP) is 1.20. The normalized spacial score (nSPS) is 16.8. The number of likely N-dealkylation sites (tertiary alicyclic amines) is 1. The number of hydrogen-bond acceptors (Lipinski definition) is 3. The molecule has 1 aliphatic heterocycles. The minimum Gasteiger partial charge on any atom is -0.481 e. The highest BCUT2D eigenvalue weighted by Gasteiger charge is 2.37. The first kappa shape index (κ1) is 13.3. The summed E-state index contributed by atoms with van der Waals surface area (Å²) in [5.41, 5.74) is 5.99. The predicted molar refractivity (Wildman–Crippen MR) is 67.0 cm³/mol. The van der Waals surface area contributed by atoms with Gasteiger partial charge in [0.2, 0.25) is 0 Å². The summed E-state index contributed by atoms with van der Waals surface area (Å²) in [5, 5.41) is 8.87. The van der Waals surface area contributed by atoms with E-state index in [4.69, 9.17) is 10.8 Å². The number of nitrogens with two attached hydrogens (primary N) is 1. The molecule has 0 saturated carbocycles. The van der Waals surface area contributed by atoms with E-state index in [1.165, 1.54) is 17.0 Å². The number of rotatable bonds is 3. The number of carbonyl (C=O) groups excluding carboxylic acids is 1. The van der Waals surface area contributed by atoms with Crippen LogP contribution in [0, 0.1) is 17.7 Å². The zero-order valence-corrected chi connectivity index (χ0v) is 10.5. The van der Waals surface area contributed by atoms with Gasteiger partial charge in [0.25, 0.3) is 5.91 Å². The third kappa shape index (κ3) is 2.52. The molecular formula is C13H15FN2O3. The van der Waals surface area contributed by atoms with Gasteiger partial charge in [0.15, 0.2) is 0 Å². The quantitative estimate of drug-likeness (QED) is 0.805. The summed E-state index contributed by atoms with van der Waals surface area (Å²) < 4.78 is 13.1. The Morgan fingerprint density at radius 2 is 2.11 bits per heavy atom. The fourth-order valence-electron chi connectivity index (χ4n) is 2.08. The smallest absolute Gasteiger partial charge is 0.306 e. The van der Waals surface area contributed by atoms with Crippen LogP contribution < -0.4 is 5.73 Å². The lowest BCUT2D eigenvalue weighted by molar-refractivity contribution is -0.144. The fourth-order valence-corrected chi connectivity index (χ4v) is 2.08. The number of amides is 1. The average molecular weight is 266 g/mol. The van der Waals surface area contributed by atoms with E-state index in [-0.39, 0.29) is 23.1 Å². The van der Waals surface area contributed by atoms with Crippen molar-refractivity contribution in [2.24, 2.45) is 11.8 Å². The maximum absolute atomic E-state index is 13.1. The van der Waals surface area contributed by atoms with Gasteiger partial charge in [0.05, 0.1) is 11.5 Å². The molecule has 1 atom stereocenters. The lowest BCUT2D eigenvalue weighted by Gasteiger charge is -2.41. The third-order valence-corrected chi connectivity index (χ3v) is 3.54. The lowest BCUT2D eigenvalue weighted by atomic mass is 9.86. The molecule has 1 aromatic rings. The summed E-state index contributed by atoms with van der Waals surface area (Å²) in [7, 11) is 0. The largest absolute Gasteiger partial charge is 0.481 e. The first-order chi connectivity index (χ1) is 8.90. The van der Waals surface area contributed by atoms with E-state index in [1.54, 1.807) is 6.92 Å². The van der Waals surface area contributed by atoms with Crippen molar-refractivity contribution in [3.8, 4) is 0 Å². The number of aliphatic carboxylic acids is 1. The van der Waals surface area contributed by atoms with Crippen LogP contribution in [0.25, 0.3) is 0 Å². The Hall–Kier alpha value is -2.11. The molecular weight excluding hydrogens is 251 g/mol. The van der Waals surface area contributed by atoms with Gasteiger partial charge >= 0.3 is 5.97 Å². The van der Waals surface area contributed by atoms with Crippen LogP contribution in [-0.4, -0.2) is 35.0 Å². The van der Waals surface area contributed by atoms with E-state index in [0.717, 1.165) is 6.07 Å². The summed E-state index contributed by atoms with van der Waals surface area (Å²) in [6.07, 6.45) is 0. The molecule has 3 N–H and O–H groups in total. The molecule has 1 unspecified atom stereocenters. The molecule has 1 aliphatic rings. The number of nitrogen functional groups attached to an aromatic ring is 1. The molecule has 0 bridgehead atoms. The molecule has 19 heavy (non-hydrogen) atoms. The van der Waals surface area contributed by atoms with Gasteiger partial charge in [-0.2, -0.15) is 0 Å². The Kier molecular flexibility index (Phi) is 3.42. The second-order valence-electron chi connectivity index (χ2n) is 4.83. The van der Waals surface area contributed by atoms with E-state index >= 15 is 0 Å². The summed E-state index contributed by atoms with van der Waals surface area (Å²) in [4.78, 5) is 24.4. The van der Waals surface area contributed by atoms with Crippen LogP contribution in [0.2, 0.25) is 0 Å². The number of carbonyl (C=O) groups is 2. The number of hydrogen-bond donors (Lipinski definition) is 2. The molecule has 1 heterocycles. The van der Waals surface area contributed by atoms with Gasteiger partial charge in [-0.05, 0) is 18.2 Å². The van der Waals surface area contributed by atoms with Crippen LogP contribution >= 0.6 is 0 Å². The summed E-state index contributed by atoms with van der Waals surface area (Å²) in [6.45, 7) is 2.34. The minimum absolute atomic E-state index is 0.0590. The molecule has 102 valence electrons. The van der Waals surface area contributed by atoms with Crippen molar-refractivity contribution >= 4 is 17.6 Å². The number of carboxylic acids is 1. The number of halogens is 1. The fraction of sp³-hybridized carbons (Fsp3) is 0.385. The topological polar surface area (TPSA) is 83.6 Å². The zero-order valence-electron chi connectivity index (χ0n) is 10.5. The van der Waals surface area contributed by atoms with Crippen molar-refractivity contribution in [2.45, 2.75) is 6.92 Å². The van der Waals surface area contributed by atoms with Gasteiger partial charge in [0.1, 0.15) is 5.82 Å². The molecule has 0 spiro atoms. The highest BCUT2D eigenvalue weighted by Crippen LogP contribution is 2.27. The van der Waals surface area contributed by atoms with Crippen molar-refractivity contribution in [1.82, 2.24) is 4.90 Å². The molecule has 2 rings (SSSR count). The molecule has 1 fully saturated rings. The lowest BCUT2D eigenvalue weighted by Crippen LogP contribution is -2.53. The van der Waals surface area contributed by atoms with Crippen molar-refractivity contribution in [1.29, 1.82) is 0 Å². The van der Waals surface area contributed by atoms with Crippen LogP contribution in [0.5, 0.6) is 0 Å². The van der Waals surface area contributed by atoms with Gasteiger partial charge in [0, 0.05) is 24.7 Å². The first-order valence-electron chi connectivity index (χ1n) is 5.97. The maximum atomic E-state index is 13.1. The molecule has 1 amide bonds. The molecule has 0 radical (unpaired) electrons. The van der Waals surface area contributed by atoms with Crippen LogP contribution in [0.4, 0.5) is 10.1 Å². The van der Waals surface area contributed by atoms with E-state index in [0.29, 0.717) is 13.1 Å². The zero-order chi connectivity index (χ0) is 14.2. The Morgan fingerprint density at radius 1 is 1.47 bits per heavy atom. The molecule has 1 aromatic carbocycles. The van der Waals surface area contributed by atoms with Crippen LogP contribution in [0.3, 0.4) is 0 Å². The monoisotopic (exact) mass is 266 g/mol. The third-order valence-electron chi connectivity index (χ3n) is 3.54.